The van der Waals surface area contributed by atoms with Crippen molar-refractivity contribution in [2.75, 3.05) is 14.2 Å². The van der Waals surface area contributed by atoms with Crippen LogP contribution >= 0.6 is 0 Å². The molecule has 5 nitrogen and oxygen atoms in total. The van der Waals surface area contributed by atoms with Crippen LogP contribution in [0, 0.1) is 0 Å². The molecule has 2 N–H and O–H groups in total. The van der Waals surface area contributed by atoms with Crippen LogP contribution in [0.4, 0.5) is 0 Å². The Kier molecular flexibility index (Phi) is 4.08. The van der Waals surface area contributed by atoms with Gasteiger partial charge in [-0.2, -0.15) is 0 Å². The van der Waals surface area contributed by atoms with Crippen LogP contribution < -0.4 is 15.4 Å². The van der Waals surface area contributed by atoms with Crippen LogP contribution in [0.25, 0.3) is 0 Å². The topological polar surface area (TPSA) is 70.8 Å². The summed E-state index contributed by atoms with van der Waals surface area (Å²) in [6, 6.07) is 3.33. The van der Waals surface area contributed by atoms with Crippen molar-refractivity contribution in [3.8, 4) is 11.5 Å². The first-order valence-electron chi connectivity index (χ1n) is 4.29. The second kappa shape index (κ2) is 5.33. The van der Waals surface area contributed by atoms with E-state index >= 15 is 0 Å². The van der Waals surface area contributed by atoms with Gasteiger partial charge in [-0.05, 0) is 6.07 Å². The fourth-order valence-electron chi connectivity index (χ4n) is 1.35. The van der Waals surface area contributed by atoms with Crippen LogP contribution in [0.2, 0.25) is 0 Å². The van der Waals surface area contributed by atoms with Crippen molar-refractivity contribution >= 4 is 6.29 Å². The molecule has 0 amide bonds. The zero-order chi connectivity index (χ0) is 11.3. The lowest BCUT2D eigenvalue weighted by Crippen LogP contribution is -2.04. The Morgan fingerprint density at radius 3 is 2.40 bits per heavy atom. The summed E-state index contributed by atoms with van der Waals surface area (Å²) in [5.74, 6) is 5.84. The minimum Gasteiger partial charge on any atom is -0.492 e. The number of carbonyl (C=O) groups excluding carboxylic acids is 1. The number of methoxy groups -OCH3 is 2. The monoisotopic (exact) mass is 211 g/mol. The maximum Gasteiger partial charge on any atom is 0.171 e. The number of nitrogens with two attached hydrogens (primary N) is 1. The molecule has 0 unspecified atom stereocenters. The van der Waals surface area contributed by atoms with Gasteiger partial charge in [0.2, 0.25) is 0 Å². The fraction of sp³-hybridized carbons (Fsp3) is 0.300. The molecule has 0 radical (unpaired) electrons. The first-order valence-corrected chi connectivity index (χ1v) is 4.29. The number of rotatable bonds is 5. The second-order valence-corrected chi connectivity index (χ2v) is 2.81. The molecule has 82 valence electrons. The molecule has 5 heteroatoms. The second-order valence-electron chi connectivity index (χ2n) is 2.81. The van der Waals surface area contributed by atoms with E-state index in [-0.39, 0.29) is 6.61 Å². The molecule has 0 spiro atoms. The van der Waals surface area contributed by atoms with Crippen LogP contribution in [-0.2, 0) is 11.4 Å². The summed E-state index contributed by atoms with van der Waals surface area (Å²) in [5.41, 5.74) is 1.15. The van der Waals surface area contributed by atoms with E-state index in [4.69, 9.17) is 15.4 Å². The van der Waals surface area contributed by atoms with E-state index in [0.29, 0.717) is 23.3 Å². The summed E-state index contributed by atoms with van der Waals surface area (Å²) in [6.45, 7) is 0.193. The molecule has 1 rings (SSSR count). The number of aldehydes is 1. The first-order chi connectivity index (χ1) is 7.28. The molecule has 0 fully saturated rings. The third kappa shape index (κ3) is 2.26. The van der Waals surface area contributed by atoms with Gasteiger partial charge in [0.05, 0.1) is 26.4 Å². The Labute approximate surface area is 87.7 Å². The number of hydrogen-bond acceptors (Lipinski definition) is 5. The van der Waals surface area contributed by atoms with Crippen LogP contribution in [0.5, 0.6) is 11.5 Å². The van der Waals surface area contributed by atoms with E-state index in [1.807, 2.05) is 0 Å². The van der Waals surface area contributed by atoms with E-state index in [1.54, 1.807) is 12.1 Å². The van der Waals surface area contributed by atoms with Crippen LogP contribution in [-0.4, -0.2) is 20.5 Å². The first kappa shape index (κ1) is 11.5. The average molecular weight is 211 g/mol. The standard InChI is InChI=1S/C10H13NO4/c1-13-9-7(5-12)3-4-8(6-15-11)10(9)14-2/h3-5H,6,11H2,1-2H3. The third-order valence-corrected chi connectivity index (χ3v) is 2.00. The largest absolute Gasteiger partial charge is 0.492 e. The Bertz CT molecular complexity index is 352. The molecule has 0 saturated carbocycles. The number of benzene rings is 1. The maximum atomic E-state index is 10.7. The highest BCUT2D eigenvalue weighted by molar-refractivity contribution is 5.81. The van der Waals surface area contributed by atoms with Gasteiger partial charge in [-0.1, -0.05) is 6.07 Å². The van der Waals surface area contributed by atoms with Gasteiger partial charge in [0.25, 0.3) is 0 Å². The molecule has 0 atom stereocenters. The van der Waals surface area contributed by atoms with E-state index in [0.717, 1.165) is 5.56 Å². The van der Waals surface area contributed by atoms with Gasteiger partial charge in [-0.15, -0.1) is 0 Å². The summed E-state index contributed by atoms with van der Waals surface area (Å²) >= 11 is 0. The smallest absolute Gasteiger partial charge is 0.171 e. The third-order valence-electron chi connectivity index (χ3n) is 2.00. The summed E-state index contributed by atoms with van der Waals surface area (Å²) in [6.07, 6.45) is 0.703. The van der Waals surface area contributed by atoms with Crippen molar-refractivity contribution in [1.82, 2.24) is 0 Å². The highest BCUT2D eigenvalue weighted by Gasteiger charge is 2.14. The minimum atomic E-state index is 0.193. The maximum absolute atomic E-state index is 10.7. The quantitative estimate of drug-likeness (QED) is 0.579. The van der Waals surface area contributed by atoms with E-state index in [1.165, 1.54) is 14.2 Å². The van der Waals surface area contributed by atoms with Crippen molar-refractivity contribution < 1.29 is 19.1 Å². The molecule has 0 aliphatic carbocycles. The molecule has 0 aliphatic heterocycles. The van der Waals surface area contributed by atoms with Crippen LogP contribution in [0.3, 0.4) is 0 Å². The minimum absolute atomic E-state index is 0.193. The molecule has 1 aromatic carbocycles. The lowest BCUT2D eigenvalue weighted by molar-refractivity contribution is 0.111. The highest BCUT2D eigenvalue weighted by atomic mass is 16.6. The Morgan fingerprint density at radius 2 is 1.93 bits per heavy atom. The SMILES string of the molecule is COc1c(C=O)ccc(CON)c1OC. The number of hydrogen-bond donors (Lipinski definition) is 1. The lowest BCUT2D eigenvalue weighted by atomic mass is 10.1. The predicted octanol–water partition coefficient (Wildman–Crippen LogP) is 0.907. The summed E-state index contributed by atoms with van der Waals surface area (Å²) in [4.78, 5) is 15.3. The molecular weight excluding hydrogens is 198 g/mol. The van der Waals surface area contributed by atoms with Crippen molar-refractivity contribution in [2.45, 2.75) is 6.61 Å². The van der Waals surface area contributed by atoms with E-state index in [2.05, 4.69) is 4.84 Å². The van der Waals surface area contributed by atoms with E-state index < -0.39 is 0 Å². The summed E-state index contributed by atoms with van der Waals surface area (Å²) in [7, 11) is 2.96. The van der Waals surface area contributed by atoms with Crippen molar-refractivity contribution in [3.05, 3.63) is 23.3 Å². The Morgan fingerprint density at radius 1 is 1.27 bits per heavy atom. The van der Waals surface area contributed by atoms with Crippen molar-refractivity contribution in [2.24, 2.45) is 5.90 Å². The zero-order valence-corrected chi connectivity index (χ0v) is 8.65. The molecule has 0 saturated heterocycles. The lowest BCUT2D eigenvalue weighted by Gasteiger charge is -2.13. The molecule has 0 aromatic heterocycles. The van der Waals surface area contributed by atoms with Gasteiger partial charge in [-0.25, -0.2) is 5.90 Å². The number of carbonyl (C=O) groups is 1. The zero-order valence-electron chi connectivity index (χ0n) is 8.65. The molecule has 0 bridgehead atoms. The molecule has 0 heterocycles. The highest BCUT2D eigenvalue weighted by Crippen LogP contribution is 2.34. The van der Waals surface area contributed by atoms with Gasteiger partial charge in [0.1, 0.15) is 0 Å². The summed E-state index contributed by atoms with van der Waals surface area (Å²) < 4.78 is 10.2. The normalized spacial score (nSPS) is 9.80. The molecule has 15 heavy (non-hydrogen) atoms. The summed E-state index contributed by atoms with van der Waals surface area (Å²) in [5, 5.41) is 0. The van der Waals surface area contributed by atoms with Gasteiger partial charge in [-0.3, -0.25) is 9.63 Å². The Hall–Kier alpha value is -1.59. The van der Waals surface area contributed by atoms with Crippen LogP contribution in [0.1, 0.15) is 15.9 Å². The fourth-order valence-corrected chi connectivity index (χ4v) is 1.35. The van der Waals surface area contributed by atoms with Crippen molar-refractivity contribution in [1.29, 1.82) is 0 Å². The molecule has 1 aromatic rings. The van der Waals surface area contributed by atoms with Crippen molar-refractivity contribution in [3.63, 3.8) is 0 Å². The Balaban J connectivity index is 3.27. The van der Waals surface area contributed by atoms with Gasteiger partial charge in [0.15, 0.2) is 17.8 Å². The number of ether oxygens (including phenoxy) is 2. The predicted molar refractivity (Wildman–Crippen MR) is 53.9 cm³/mol. The van der Waals surface area contributed by atoms with Gasteiger partial charge < -0.3 is 9.47 Å². The molecular formula is C10H13NO4. The van der Waals surface area contributed by atoms with Crippen LogP contribution in [0.15, 0.2) is 12.1 Å². The molecule has 0 aliphatic rings. The van der Waals surface area contributed by atoms with Gasteiger partial charge >= 0.3 is 0 Å². The van der Waals surface area contributed by atoms with Gasteiger partial charge in [0, 0.05) is 5.56 Å². The van der Waals surface area contributed by atoms with E-state index in [9.17, 15) is 4.79 Å². The average Bonchev–Trinajstić information content (AvgIpc) is 2.28.